The maximum absolute atomic E-state index is 14.2. The molecule has 0 aromatic heterocycles. The molecule has 1 aromatic carbocycles. The molecule has 1 aromatic rings. The van der Waals surface area contributed by atoms with Crippen LogP contribution in [0.15, 0.2) is 24.3 Å². The van der Waals surface area contributed by atoms with E-state index in [1.807, 2.05) is 0 Å². The van der Waals surface area contributed by atoms with Crippen LogP contribution in [0.5, 0.6) is 0 Å². The van der Waals surface area contributed by atoms with E-state index < -0.39 is 23.2 Å². The van der Waals surface area contributed by atoms with Crippen LogP contribution in [0.2, 0.25) is 0 Å². The lowest BCUT2D eigenvalue weighted by molar-refractivity contribution is -0.160. The zero-order valence-electron chi connectivity index (χ0n) is 11.6. The summed E-state index contributed by atoms with van der Waals surface area (Å²) < 4.78 is 41.1. The van der Waals surface area contributed by atoms with Crippen LogP contribution in [0.25, 0.3) is 0 Å². The predicted octanol–water partition coefficient (Wildman–Crippen LogP) is 2.55. The molecule has 1 N–H and O–H groups in total. The van der Waals surface area contributed by atoms with Crippen molar-refractivity contribution in [2.45, 2.75) is 24.8 Å². The molecule has 1 aliphatic heterocycles. The van der Waals surface area contributed by atoms with Gasteiger partial charge in [-0.15, -0.1) is 12.4 Å². The highest BCUT2D eigenvalue weighted by molar-refractivity contribution is 5.85. The van der Waals surface area contributed by atoms with Crippen molar-refractivity contribution in [3.8, 4) is 0 Å². The van der Waals surface area contributed by atoms with Gasteiger partial charge in [0.15, 0.2) is 0 Å². The molecule has 1 amide bonds. The summed E-state index contributed by atoms with van der Waals surface area (Å²) >= 11 is 0. The zero-order valence-corrected chi connectivity index (χ0v) is 12.4. The van der Waals surface area contributed by atoms with Gasteiger partial charge in [-0.25, -0.2) is 4.39 Å². The van der Waals surface area contributed by atoms with Crippen molar-refractivity contribution in [1.29, 1.82) is 0 Å². The Kier molecular flexibility index (Phi) is 6.04. The number of rotatable bonds is 3. The van der Waals surface area contributed by atoms with E-state index in [0.29, 0.717) is 13.0 Å². The third kappa shape index (κ3) is 3.89. The number of nitrogens with one attached hydrogen (secondary N) is 1. The summed E-state index contributed by atoms with van der Waals surface area (Å²) in [7, 11) is 1.75. The highest BCUT2D eigenvalue weighted by Gasteiger charge is 2.44. The molecule has 0 spiro atoms. The lowest BCUT2D eigenvalue weighted by Crippen LogP contribution is -2.51. The van der Waals surface area contributed by atoms with E-state index in [1.165, 1.54) is 4.90 Å². The van der Waals surface area contributed by atoms with Gasteiger partial charge in [-0.1, -0.05) is 0 Å². The fraction of sp³-hybridized carbons (Fsp3) is 0.500. The number of benzene rings is 1. The van der Waals surface area contributed by atoms with Gasteiger partial charge in [0.2, 0.25) is 0 Å². The van der Waals surface area contributed by atoms with Crippen molar-refractivity contribution in [1.82, 2.24) is 10.2 Å². The van der Waals surface area contributed by atoms with Crippen molar-refractivity contribution >= 4 is 18.3 Å². The number of carbonyl (C=O) groups is 1. The van der Waals surface area contributed by atoms with Crippen LogP contribution in [-0.4, -0.2) is 37.0 Å². The lowest BCUT2D eigenvalue weighted by Gasteiger charge is -2.34. The minimum atomic E-state index is -3.62. The maximum Gasteiger partial charge on any atom is 0.349 e. The van der Waals surface area contributed by atoms with Crippen LogP contribution in [0, 0.1) is 5.82 Å². The number of alkyl halides is 2. The van der Waals surface area contributed by atoms with E-state index in [1.54, 1.807) is 7.05 Å². The van der Waals surface area contributed by atoms with Crippen molar-refractivity contribution < 1.29 is 18.0 Å². The number of hydrogen-bond donors (Lipinski definition) is 1. The molecule has 118 valence electrons. The second kappa shape index (κ2) is 7.13. The SMILES string of the molecule is CNC1CCCN(C(=O)C(F)(F)c2ccc(F)cc2)C1.Cl. The zero-order chi connectivity index (χ0) is 14.8. The summed E-state index contributed by atoms with van der Waals surface area (Å²) in [6.07, 6.45) is 1.55. The van der Waals surface area contributed by atoms with E-state index >= 15 is 0 Å². The fourth-order valence-corrected chi connectivity index (χ4v) is 2.38. The summed E-state index contributed by atoms with van der Waals surface area (Å²) in [6, 6.07) is 3.81. The number of hydrogen-bond acceptors (Lipinski definition) is 2. The van der Waals surface area contributed by atoms with Gasteiger partial charge in [0.25, 0.3) is 5.91 Å². The molecule has 3 nitrogen and oxygen atoms in total. The standard InChI is InChI=1S/C14H17F3N2O.ClH/c1-18-12-3-2-8-19(9-12)13(20)14(16,17)10-4-6-11(15)7-5-10;/h4-7,12,18H,2-3,8-9H2,1H3;1H. The molecule has 1 atom stereocenters. The fourth-order valence-electron chi connectivity index (χ4n) is 2.38. The topological polar surface area (TPSA) is 32.3 Å². The average Bonchev–Trinajstić information content (AvgIpc) is 2.47. The van der Waals surface area contributed by atoms with Crippen molar-refractivity contribution in [3.05, 3.63) is 35.6 Å². The highest BCUT2D eigenvalue weighted by atomic mass is 35.5. The van der Waals surface area contributed by atoms with Gasteiger partial charge < -0.3 is 10.2 Å². The average molecular weight is 323 g/mol. The minimum Gasteiger partial charge on any atom is -0.336 e. The van der Waals surface area contributed by atoms with Crippen LogP contribution >= 0.6 is 12.4 Å². The first-order valence-corrected chi connectivity index (χ1v) is 6.55. The number of halogens is 4. The monoisotopic (exact) mass is 322 g/mol. The van der Waals surface area contributed by atoms with Gasteiger partial charge in [-0.05, 0) is 44.2 Å². The molecule has 0 bridgehead atoms. The van der Waals surface area contributed by atoms with Gasteiger partial charge in [0.05, 0.1) is 0 Å². The van der Waals surface area contributed by atoms with E-state index in [-0.39, 0.29) is 25.0 Å². The molecular formula is C14H18ClF3N2O. The van der Waals surface area contributed by atoms with Crippen molar-refractivity contribution in [2.24, 2.45) is 0 Å². The number of likely N-dealkylation sites (tertiary alicyclic amines) is 1. The number of amides is 1. The molecule has 1 saturated heterocycles. The molecule has 1 unspecified atom stereocenters. The molecule has 1 aliphatic rings. The van der Waals surface area contributed by atoms with Gasteiger partial charge in [0, 0.05) is 24.7 Å². The van der Waals surface area contributed by atoms with E-state index in [4.69, 9.17) is 0 Å². The largest absolute Gasteiger partial charge is 0.349 e. The molecule has 0 saturated carbocycles. The second-order valence-corrected chi connectivity index (χ2v) is 4.96. The van der Waals surface area contributed by atoms with E-state index in [0.717, 1.165) is 30.7 Å². The third-order valence-corrected chi connectivity index (χ3v) is 3.59. The summed E-state index contributed by atoms with van der Waals surface area (Å²) in [4.78, 5) is 13.2. The molecule has 0 aliphatic carbocycles. The Hall–Kier alpha value is -1.27. The smallest absolute Gasteiger partial charge is 0.336 e. The first kappa shape index (κ1) is 17.8. The molecule has 1 heterocycles. The number of likely N-dealkylation sites (N-methyl/N-ethyl adjacent to an activating group) is 1. The van der Waals surface area contributed by atoms with E-state index in [2.05, 4.69) is 5.32 Å². The number of piperidine rings is 1. The van der Waals surface area contributed by atoms with Crippen LogP contribution in [-0.2, 0) is 10.7 Å². The Morgan fingerprint density at radius 1 is 1.33 bits per heavy atom. The Balaban J connectivity index is 0.00000220. The first-order chi connectivity index (χ1) is 9.45. The third-order valence-electron chi connectivity index (χ3n) is 3.59. The molecule has 1 fully saturated rings. The Morgan fingerprint density at radius 2 is 1.95 bits per heavy atom. The second-order valence-electron chi connectivity index (χ2n) is 4.96. The van der Waals surface area contributed by atoms with Gasteiger partial charge >= 0.3 is 5.92 Å². The molecular weight excluding hydrogens is 305 g/mol. The Morgan fingerprint density at radius 3 is 2.52 bits per heavy atom. The summed E-state index contributed by atoms with van der Waals surface area (Å²) in [5.74, 6) is -5.45. The lowest BCUT2D eigenvalue weighted by atomic mass is 10.0. The van der Waals surface area contributed by atoms with Crippen molar-refractivity contribution in [3.63, 3.8) is 0 Å². The van der Waals surface area contributed by atoms with Gasteiger partial charge in [-0.3, -0.25) is 4.79 Å². The van der Waals surface area contributed by atoms with Crippen molar-refractivity contribution in [2.75, 3.05) is 20.1 Å². The van der Waals surface area contributed by atoms with Crippen LogP contribution < -0.4 is 5.32 Å². The van der Waals surface area contributed by atoms with Crippen LogP contribution in [0.4, 0.5) is 13.2 Å². The summed E-state index contributed by atoms with van der Waals surface area (Å²) in [5.41, 5.74) is -0.476. The molecule has 7 heteroatoms. The summed E-state index contributed by atoms with van der Waals surface area (Å²) in [5, 5.41) is 3.00. The predicted molar refractivity (Wildman–Crippen MR) is 76.2 cm³/mol. The van der Waals surface area contributed by atoms with E-state index in [9.17, 15) is 18.0 Å². The number of nitrogens with zero attached hydrogens (tertiary/aromatic N) is 1. The van der Waals surface area contributed by atoms with Crippen LogP contribution in [0.1, 0.15) is 18.4 Å². The maximum atomic E-state index is 14.2. The quantitative estimate of drug-likeness (QED) is 0.927. The minimum absolute atomic E-state index is 0. The molecule has 0 radical (unpaired) electrons. The first-order valence-electron chi connectivity index (χ1n) is 6.55. The van der Waals surface area contributed by atoms with Gasteiger partial charge in [0.1, 0.15) is 5.82 Å². The highest BCUT2D eigenvalue weighted by Crippen LogP contribution is 2.31. The Bertz CT molecular complexity index is 482. The van der Waals surface area contributed by atoms with Gasteiger partial charge in [-0.2, -0.15) is 8.78 Å². The molecule has 21 heavy (non-hydrogen) atoms. The molecule has 2 rings (SSSR count). The van der Waals surface area contributed by atoms with Crippen LogP contribution in [0.3, 0.4) is 0 Å². The summed E-state index contributed by atoms with van der Waals surface area (Å²) in [6.45, 7) is 0.597. The normalized spacial score (nSPS) is 19.0. The Labute approximate surface area is 127 Å². The number of carbonyl (C=O) groups excluding carboxylic acids is 1.